The van der Waals surface area contributed by atoms with E-state index in [1.165, 1.54) is 12.1 Å². The van der Waals surface area contributed by atoms with Crippen LogP contribution in [-0.2, 0) is 11.0 Å². The van der Waals surface area contributed by atoms with Gasteiger partial charge in [0.05, 0.1) is 11.6 Å². The number of hydrogen-bond acceptors (Lipinski definition) is 2. The summed E-state index contributed by atoms with van der Waals surface area (Å²) in [5.74, 6) is 0.0546. The van der Waals surface area contributed by atoms with Crippen molar-refractivity contribution < 1.29 is 18.0 Å². The van der Waals surface area contributed by atoms with Gasteiger partial charge in [-0.05, 0) is 44.0 Å². The molecule has 0 saturated carbocycles. The van der Waals surface area contributed by atoms with Crippen LogP contribution in [0.5, 0.6) is 0 Å². The summed E-state index contributed by atoms with van der Waals surface area (Å²) in [7, 11) is 1.79. The molecule has 0 radical (unpaired) electrons. The van der Waals surface area contributed by atoms with E-state index in [0.29, 0.717) is 19.5 Å². The maximum Gasteiger partial charge on any atom is 0.416 e. The number of benzene rings is 1. The number of rotatable bonds is 4. The Morgan fingerprint density at radius 2 is 1.91 bits per heavy atom. The summed E-state index contributed by atoms with van der Waals surface area (Å²) in [5, 5.41) is 2.94. The van der Waals surface area contributed by atoms with Crippen LogP contribution >= 0.6 is 12.4 Å². The Morgan fingerprint density at radius 3 is 2.48 bits per heavy atom. The number of carbonyl (C=O) groups is 1. The van der Waals surface area contributed by atoms with E-state index in [9.17, 15) is 18.0 Å². The van der Waals surface area contributed by atoms with Gasteiger partial charge in [-0.1, -0.05) is 12.1 Å². The Labute approximate surface area is 140 Å². The molecular weight excluding hydrogens is 329 g/mol. The summed E-state index contributed by atoms with van der Waals surface area (Å²) in [6, 6.07) is 5.08. The minimum Gasteiger partial charge on any atom is -0.336 e. The predicted octanol–water partition coefficient (Wildman–Crippen LogP) is 3.79. The summed E-state index contributed by atoms with van der Waals surface area (Å²) in [5.41, 5.74) is 0.130. The highest BCUT2D eigenvalue weighted by molar-refractivity contribution is 5.85. The van der Waals surface area contributed by atoms with Gasteiger partial charge in [-0.15, -0.1) is 12.4 Å². The number of likely N-dealkylation sites (tertiary alicyclic amines) is 1. The van der Waals surface area contributed by atoms with E-state index in [1.54, 1.807) is 7.05 Å². The van der Waals surface area contributed by atoms with Gasteiger partial charge in [0.15, 0.2) is 0 Å². The maximum absolute atomic E-state index is 12.6. The SMILES string of the molecule is CNCCC(=O)N1CCCCC1c1ccc(C(F)(F)F)cc1.Cl. The number of amides is 1. The van der Waals surface area contributed by atoms with Crippen molar-refractivity contribution in [3.8, 4) is 0 Å². The third kappa shape index (κ3) is 5.11. The van der Waals surface area contributed by atoms with Crippen molar-refractivity contribution in [3.63, 3.8) is 0 Å². The summed E-state index contributed by atoms with van der Waals surface area (Å²) in [6.07, 6.45) is -1.18. The molecule has 23 heavy (non-hydrogen) atoms. The normalized spacial score (nSPS) is 18.4. The molecule has 1 heterocycles. The Bertz CT molecular complexity index is 505. The fourth-order valence-electron chi connectivity index (χ4n) is 2.85. The molecule has 1 N–H and O–H groups in total. The zero-order valence-electron chi connectivity index (χ0n) is 13.0. The number of nitrogens with zero attached hydrogens (tertiary/aromatic N) is 1. The summed E-state index contributed by atoms with van der Waals surface area (Å²) < 4.78 is 37.9. The first-order valence-electron chi connectivity index (χ1n) is 7.54. The van der Waals surface area contributed by atoms with Gasteiger partial charge in [-0.3, -0.25) is 4.79 Å². The molecule has 0 aromatic heterocycles. The van der Waals surface area contributed by atoms with Gasteiger partial charge in [-0.2, -0.15) is 13.2 Å². The minimum atomic E-state index is -4.33. The molecule has 0 spiro atoms. The van der Waals surface area contributed by atoms with Crippen molar-refractivity contribution in [2.45, 2.75) is 37.9 Å². The summed E-state index contributed by atoms with van der Waals surface area (Å²) in [6.45, 7) is 1.28. The molecule has 1 aromatic rings. The molecule has 2 rings (SSSR count). The molecule has 0 aliphatic carbocycles. The van der Waals surface area contributed by atoms with Crippen molar-refractivity contribution in [2.24, 2.45) is 0 Å². The fraction of sp³-hybridized carbons (Fsp3) is 0.562. The molecular formula is C16H22ClF3N2O. The van der Waals surface area contributed by atoms with Crippen molar-refractivity contribution >= 4 is 18.3 Å². The van der Waals surface area contributed by atoms with E-state index in [4.69, 9.17) is 0 Å². The average molecular weight is 351 g/mol. The highest BCUT2D eigenvalue weighted by atomic mass is 35.5. The number of piperidine rings is 1. The van der Waals surface area contributed by atoms with Gasteiger partial charge in [0.1, 0.15) is 0 Å². The molecule has 0 bridgehead atoms. The number of nitrogens with one attached hydrogen (secondary N) is 1. The molecule has 3 nitrogen and oxygen atoms in total. The first-order valence-corrected chi connectivity index (χ1v) is 7.54. The summed E-state index contributed by atoms with van der Waals surface area (Å²) in [4.78, 5) is 14.1. The third-order valence-corrected chi connectivity index (χ3v) is 4.03. The maximum atomic E-state index is 12.6. The number of halogens is 4. The van der Waals surface area contributed by atoms with Gasteiger partial charge in [0, 0.05) is 19.5 Å². The smallest absolute Gasteiger partial charge is 0.336 e. The molecule has 1 saturated heterocycles. The van der Waals surface area contributed by atoms with Crippen LogP contribution in [0.1, 0.15) is 42.9 Å². The molecule has 1 fully saturated rings. The van der Waals surface area contributed by atoms with Crippen molar-refractivity contribution in [1.29, 1.82) is 0 Å². The number of hydrogen-bond donors (Lipinski definition) is 1. The standard InChI is InChI=1S/C16H21F3N2O.ClH/c1-20-10-9-15(22)21-11-3-2-4-14(21)12-5-7-13(8-6-12)16(17,18)19;/h5-8,14,20H,2-4,9-11H2,1H3;1H. The lowest BCUT2D eigenvalue weighted by atomic mass is 9.94. The second-order valence-electron chi connectivity index (χ2n) is 5.57. The number of carbonyl (C=O) groups excluding carboxylic acids is 1. The second-order valence-corrected chi connectivity index (χ2v) is 5.57. The Kier molecular flexibility index (Phi) is 7.35. The highest BCUT2D eigenvalue weighted by Gasteiger charge is 2.31. The first kappa shape index (κ1) is 19.8. The van der Waals surface area contributed by atoms with Gasteiger partial charge < -0.3 is 10.2 Å². The van der Waals surface area contributed by atoms with E-state index in [-0.39, 0.29) is 24.4 Å². The van der Waals surface area contributed by atoms with E-state index < -0.39 is 11.7 Å². The van der Waals surface area contributed by atoms with E-state index in [2.05, 4.69) is 5.32 Å². The largest absolute Gasteiger partial charge is 0.416 e. The van der Waals surface area contributed by atoms with Crippen molar-refractivity contribution in [1.82, 2.24) is 10.2 Å². The van der Waals surface area contributed by atoms with Crippen LogP contribution in [0.25, 0.3) is 0 Å². The monoisotopic (exact) mass is 350 g/mol. The molecule has 1 aromatic carbocycles. The van der Waals surface area contributed by atoms with Crippen LogP contribution < -0.4 is 5.32 Å². The van der Waals surface area contributed by atoms with Gasteiger partial charge in [0.2, 0.25) is 5.91 Å². The van der Waals surface area contributed by atoms with Crippen LogP contribution in [0.15, 0.2) is 24.3 Å². The molecule has 1 aliphatic rings. The molecule has 130 valence electrons. The molecule has 1 aliphatic heterocycles. The average Bonchev–Trinajstić information content (AvgIpc) is 2.52. The van der Waals surface area contributed by atoms with Crippen LogP contribution in [-0.4, -0.2) is 30.9 Å². The molecule has 1 unspecified atom stereocenters. The van der Waals surface area contributed by atoms with Gasteiger partial charge >= 0.3 is 6.18 Å². The van der Waals surface area contributed by atoms with Gasteiger partial charge in [-0.25, -0.2) is 0 Å². The number of alkyl halides is 3. The zero-order chi connectivity index (χ0) is 16.2. The molecule has 1 atom stereocenters. The fourth-order valence-corrected chi connectivity index (χ4v) is 2.85. The Hall–Kier alpha value is -1.27. The van der Waals surface area contributed by atoms with Gasteiger partial charge in [0.25, 0.3) is 0 Å². The van der Waals surface area contributed by atoms with Crippen molar-refractivity contribution in [2.75, 3.05) is 20.1 Å². The quantitative estimate of drug-likeness (QED) is 0.896. The lowest BCUT2D eigenvalue weighted by Crippen LogP contribution is -2.39. The lowest BCUT2D eigenvalue weighted by Gasteiger charge is -2.36. The Morgan fingerprint density at radius 1 is 1.26 bits per heavy atom. The minimum absolute atomic E-state index is 0. The lowest BCUT2D eigenvalue weighted by molar-refractivity contribution is -0.138. The van der Waals surface area contributed by atoms with Crippen molar-refractivity contribution in [3.05, 3.63) is 35.4 Å². The van der Waals surface area contributed by atoms with E-state index in [1.807, 2.05) is 4.90 Å². The van der Waals surface area contributed by atoms with Crippen LogP contribution in [0, 0.1) is 0 Å². The van der Waals surface area contributed by atoms with E-state index in [0.717, 1.165) is 37.0 Å². The summed E-state index contributed by atoms with van der Waals surface area (Å²) >= 11 is 0. The molecule has 1 amide bonds. The van der Waals surface area contributed by atoms with E-state index >= 15 is 0 Å². The second kappa shape index (κ2) is 8.55. The van der Waals surface area contributed by atoms with Crippen LogP contribution in [0.2, 0.25) is 0 Å². The predicted molar refractivity (Wildman–Crippen MR) is 85.5 cm³/mol. The van der Waals surface area contributed by atoms with Crippen LogP contribution in [0.3, 0.4) is 0 Å². The first-order chi connectivity index (χ1) is 10.4. The van der Waals surface area contributed by atoms with Crippen LogP contribution in [0.4, 0.5) is 13.2 Å². The molecule has 7 heteroatoms. The Balaban J connectivity index is 0.00000264. The topological polar surface area (TPSA) is 32.3 Å². The highest BCUT2D eigenvalue weighted by Crippen LogP contribution is 2.34. The third-order valence-electron chi connectivity index (χ3n) is 4.03. The zero-order valence-corrected chi connectivity index (χ0v) is 13.8.